The number of hydrogen-bond donors (Lipinski definition) is 1. The van der Waals surface area contributed by atoms with Crippen LogP contribution in [0, 0.1) is 0 Å². The van der Waals surface area contributed by atoms with Gasteiger partial charge in [-0.15, -0.1) is 0 Å². The van der Waals surface area contributed by atoms with Gasteiger partial charge in [0.1, 0.15) is 5.58 Å². The molecule has 112 valence electrons. The van der Waals surface area contributed by atoms with Crippen LogP contribution in [0.25, 0.3) is 11.0 Å². The summed E-state index contributed by atoms with van der Waals surface area (Å²) in [4.78, 5) is 13.8. The first-order valence-electron chi connectivity index (χ1n) is 7.16. The van der Waals surface area contributed by atoms with Crippen LogP contribution in [0.1, 0.15) is 25.3 Å². The van der Waals surface area contributed by atoms with Crippen molar-refractivity contribution in [3.05, 3.63) is 44.7 Å². The Morgan fingerprint density at radius 1 is 1.38 bits per heavy atom. The third kappa shape index (κ3) is 3.05. The number of benzene rings is 1. The Kier molecular flexibility index (Phi) is 3.90. The molecular weight excluding hydrogens is 334 g/mol. The highest BCUT2D eigenvalue weighted by Gasteiger charge is 2.39. The molecule has 1 aliphatic heterocycles. The van der Waals surface area contributed by atoms with Crippen LogP contribution in [-0.4, -0.2) is 28.7 Å². The van der Waals surface area contributed by atoms with Crippen molar-refractivity contribution in [2.75, 3.05) is 13.1 Å². The van der Waals surface area contributed by atoms with Crippen LogP contribution in [0.2, 0.25) is 0 Å². The molecule has 1 aromatic heterocycles. The highest BCUT2D eigenvalue weighted by molar-refractivity contribution is 9.10. The maximum Gasteiger partial charge on any atom is 0.336 e. The summed E-state index contributed by atoms with van der Waals surface area (Å²) in [5, 5.41) is 11.2. The van der Waals surface area contributed by atoms with Crippen LogP contribution in [0.15, 0.2) is 37.9 Å². The van der Waals surface area contributed by atoms with Crippen molar-refractivity contribution in [1.29, 1.82) is 0 Å². The molecule has 1 saturated heterocycles. The number of nitrogens with zero attached hydrogens (tertiary/aromatic N) is 1. The van der Waals surface area contributed by atoms with Crippen molar-refractivity contribution < 1.29 is 9.52 Å². The molecule has 0 bridgehead atoms. The van der Waals surface area contributed by atoms with Crippen LogP contribution in [0.5, 0.6) is 0 Å². The predicted molar refractivity (Wildman–Crippen MR) is 85.3 cm³/mol. The van der Waals surface area contributed by atoms with E-state index in [2.05, 4.69) is 27.8 Å². The van der Waals surface area contributed by atoms with Crippen molar-refractivity contribution >= 4 is 26.9 Å². The van der Waals surface area contributed by atoms with Crippen LogP contribution >= 0.6 is 15.9 Å². The average molecular weight is 352 g/mol. The molecule has 0 atom stereocenters. The summed E-state index contributed by atoms with van der Waals surface area (Å²) < 4.78 is 6.13. The van der Waals surface area contributed by atoms with E-state index in [9.17, 15) is 9.90 Å². The van der Waals surface area contributed by atoms with Gasteiger partial charge in [-0.25, -0.2) is 4.79 Å². The first-order chi connectivity index (χ1) is 9.99. The van der Waals surface area contributed by atoms with E-state index in [1.165, 1.54) is 0 Å². The summed E-state index contributed by atoms with van der Waals surface area (Å²) in [5.41, 5.74) is 0.663. The van der Waals surface area contributed by atoms with Gasteiger partial charge < -0.3 is 9.52 Å². The van der Waals surface area contributed by atoms with Crippen LogP contribution in [0.3, 0.4) is 0 Å². The molecule has 1 aromatic carbocycles. The summed E-state index contributed by atoms with van der Waals surface area (Å²) in [6.07, 6.45) is 1.81. The monoisotopic (exact) mass is 351 g/mol. The number of β-amino-alcohol motifs (C(OH)–C–C–N with tert-alkyl or cyclic N) is 1. The Labute approximate surface area is 131 Å². The lowest BCUT2D eigenvalue weighted by Crippen LogP contribution is -2.61. The summed E-state index contributed by atoms with van der Waals surface area (Å²) >= 11 is 3.38. The second-order valence-electron chi connectivity index (χ2n) is 5.85. The summed E-state index contributed by atoms with van der Waals surface area (Å²) in [7, 11) is 0. The summed E-state index contributed by atoms with van der Waals surface area (Å²) in [5.74, 6) is 0. The zero-order valence-electron chi connectivity index (χ0n) is 11.9. The molecule has 2 heterocycles. The maximum absolute atomic E-state index is 11.7. The molecule has 0 radical (unpaired) electrons. The summed E-state index contributed by atoms with van der Waals surface area (Å²) in [6, 6.07) is 7.25. The van der Waals surface area contributed by atoms with Crippen molar-refractivity contribution in [3.63, 3.8) is 0 Å². The van der Waals surface area contributed by atoms with Crippen molar-refractivity contribution in [2.45, 2.75) is 31.9 Å². The van der Waals surface area contributed by atoms with E-state index in [-0.39, 0.29) is 5.63 Å². The molecule has 0 aliphatic carbocycles. The van der Waals surface area contributed by atoms with Crippen LogP contribution < -0.4 is 5.63 Å². The average Bonchev–Trinajstić information content (AvgIpc) is 2.36. The second-order valence-corrected chi connectivity index (χ2v) is 6.77. The highest BCUT2D eigenvalue weighted by Crippen LogP contribution is 2.29. The zero-order valence-corrected chi connectivity index (χ0v) is 13.5. The molecule has 0 unspecified atom stereocenters. The van der Waals surface area contributed by atoms with Gasteiger partial charge in [-0.2, -0.15) is 0 Å². The molecule has 0 amide bonds. The number of hydrogen-bond acceptors (Lipinski definition) is 4. The van der Waals surface area contributed by atoms with E-state index in [1.54, 1.807) is 6.07 Å². The van der Waals surface area contributed by atoms with Gasteiger partial charge in [-0.3, -0.25) is 4.90 Å². The van der Waals surface area contributed by atoms with Gasteiger partial charge in [-0.1, -0.05) is 29.3 Å². The largest absolute Gasteiger partial charge is 0.423 e. The van der Waals surface area contributed by atoms with Crippen molar-refractivity contribution in [1.82, 2.24) is 4.90 Å². The second kappa shape index (κ2) is 5.55. The maximum atomic E-state index is 11.7. The Morgan fingerprint density at radius 3 is 2.86 bits per heavy atom. The SMILES string of the molecule is CCCC1(O)CN(Cc2cc(=O)oc3cc(Br)ccc23)C1. The lowest BCUT2D eigenvalue weighted by atomic mass is 9.89. The van der Waals surface area contributed by atoms with E-state index >= 15 is 0 Å². The van der Waals surface area contributed by atoms with Crippen LogP contribution in [-0.2, 0) is 6.54 Å². The van der Waals surface area contributed by atoms with E-state index in [1.807, 2.05) is 18.2 Å². The Balaban J connectivity index is 1.84. The molecule has 3 rings (SSSR count). The van der Waals surface area contributed by atoms with Crippen LogP contribution in [0.4, 0.5) is 0 Å². The smallest absolute Gasteiger partial charge is 0.336 e. The number of halogens is 1. The first-order valence-corrected chi connectivity index (χ1v) is 7.95. The van der Waals surface area contributed by atoms with E-state index in [0.29, 0.717) is 25.2 Å². The molecule has 21 heavy (non-hydrogen) atoms. The molecule has 1 N–H and O–H groups in total. The van der Waals surface area contributed by atoms with Gasteiger partial charge in [0.15, 0.2) is 0 Å². The molecular formula is C16H18BrNO3. The Hall–Kier alpha value is -1.17. The molecule has 5 heteroatoms. The molecule has 2 aromatic rings. The molecule has 0 saturated carbocycles. The lowest BCUT2D eigenvalue weighted by molar-refractivity contribution is -0.106. The fourth-order valence-corrected chi connectivity index (χ4v) is 3.44. The lowest BCUT2D eigenvalue weighted by Gasteiger charge is -2.46. The van der Waals surface area contributed by atoms with Gasteiger partial charge >= 0.3 is 5.63 Å². The molecule has 0 spiro atoms. The Bertz CT molecular complexity index is 719. The first kappa shape index (κ1) is 14.8. The quantitative estimate of drug-likeness (QED) is 0.860. The third-order valence-electron chi connectivity index (χ3n) is 3.94. The zero-order chi connectivity index (χ0) is 15.0. The van der Waals surface area contributed by atoms with Crippen molar-refractivity contribution in [2.24, 2.45) is 0 Å². The third-order valence-corrected chi connectivity index (χ3v) is 4.43. The standard InChI is InChI=1S/C16H18BrNO3/c1-2-5-16(20)9-18(10-16)8-11-6-15(19)21-14-7-12(17)3-4-13(11)14/h3-4,6-7,20H,2,5,8-10H2,1H3. The summed E-state index contributed by atoms with van der Waals surface area (Å²) in [6.45, 7) is 4.07. The van der Waals surface area contributed by atoms with E-state index in [4.69, 9.17) is 4.42 Å². The molecule has 1 aliphatic rings. The fourth-order valence-electron chi connectivity index (χ4n) is 3.10. The minimum atomic E-state index is -0.549. The van der Waals surface area contributed by atoms with E-state index < -0.39 is 5.60 Å². The Morgan fingerprint density at radius 2 is 2.14 bits per heavy atom. The number of rotatable bonds is 4. The number of likely N-dealkylation sites (tertiary alicyclic amines) is 1. The minimum absolute atomic E-state index is 0.333. The van der Waals surface area contributed by atoms with E-state index in [0.717, 1.165) is 28.3 Å². The van der Waals surface area contributed by atoms with Gasteiger partial charge in [0.2, 0.25) is 0 Å². The number of aliphatic hydroxyl groups is 1. The van der Waals surface area contributed by atoms with Crippen molar-refractivity contribution in [3.8, 4) is 0 Å². The van der Waals surface area contributed by atoms with Gasteiger partial charge in [0, 0.05) is 35.6 Å². The normalized spacial score (nSPS) is 17.9. The predicted octanol–water partition coefficient (Wildman–Crippen LogP) is 2.90. The van der Waals surface area contributed by atoms with Gasteiger partial charge in [-0.05, 0) is 30.2 Å². The topological polar surface area (TPSA) is 53.7 Å². The minimum Gasteiger partial charge on any atom is -0.423 e. The van der Waals surface area contributed by atoms with Gasteiger partial charge in [0.25, 0.3) is 0 Å². The fraction of sp³-hybridized carbons (Fsp3) is 0.438. The molecule has 1 fully saturated rings. The molecule has 4 nitrogen and oxygen atoms in total. The highest BCUT2D eigenvalue weighted by atomic mass is 79.9. The van der Waals surface area contributed by atoms with Gasteiger partial charge in [0.05, 0.1) is 5.60 Å². The number of fused-ring (bicyclic) bond motifs is 1.